The van der Waals surface area contributed by atoms with Crippen LogP contribution in [-0.4, -0.2) is 23.7 Å². The fraction of sp³-hybridized carbons (Fsp3) is 0. The van der Waals surface area contributed by atoms with Gasteiger partial charge >= 0.3 is 5.97 Å². The molecule has 0 atom stereocenters. The molecule has 0 saturated carbocycles. The number of nitrogen functional groups attached to an aromatic ring is 1. The molecular formula is C26H22N6O3. The standard InChI is InChI=1S/C26H22N6O3/c27-23(28)18-2-1-15-7-12-22(14-19(15)13-18)35-25(34)17-5-10-20(11-6-17)31-24(33)16-3-8-21(9-4-16)32-26(29)30/h1-14H,(H3,27,28)(H,31,33)(H4,29,30,32). The Morgan fingerprint density at radius 3 is 2.03 bits per heavy atom. The molecule has 0 aromatic heterocycles. The summed E-state index contributed by atoms with van der Waals surface area (Å²) in [7, 11) is 0. The van der Waals surface area contributed by atoms with Gasteiger partial charge in [-0.15, -0.1) is 0 Å². The molecule has 0 bridgehead atoms. The van der Waals surface area contributed by atoms with Gasteiger partial charge in [0.2, 0.25) is 0 Å². The third kappa shape index (κ3) is 5.60. The average Bonchev–Trinajstić information content (AvgIpc) is 2.84. The SMILES string of the molecule is N=C(N)c1ccc2ccc(OC(=O)c3ccc(NC(=O)c4ccc(N=C(N)N)cc4)cc3)cc2c1. The summed E-state index contributed by atoms with van der Waals surface area (Å²) in [6, 6.07) is 23.4. The van der Waals surface area contributed by atoms with Gasteiger partial charge in [0.05, 0.1) is 11.3 Å². The van der Waals surface area contributed by atoms with E-state index in [9.17, 15) is 9.59 Å². The number of hydrogen-bond donors (Lipinski definition) is 5. The molecule has 0 aliphatic rings. The lowest BCUT2D eigenvalue weighted by molar-refractivity contribution is 0.0735. The van der Waals surface area contributed by atoms with E-state index in [1.54, 1.807) is 72.8 Å². The number of fused-ring (bicyclic) bond motifs is 1. The van der Waals surface area contributed by atoms with Crippen molar-refractivity contribution in [2.24, 2.45) is 22.2 Å². The number of amides is 1. The molecule has 0 radical (unpaired) electrons. The number of nitrogens with zero attached hydrogens (tertiary/aromatic N) is 1. The topological polar surface area (TPSA) is 170 Å². The van der Waals surface area contributed by atoms with E-state index in [1.165, 1.54) is 0 Å². The first-order chi connectivity index (χ1) is 16.8. The summed E-state index contributed by atoms with van der Waals surface area (Å²) in [5.41, 5.74) is 18.6. The summed E-state index contributed by atoms with van der Waals surface area (Å²) < 4.78 is 5.50. The molecule has 0 aliphatic carbocycles. The lowest BCUT2D eigenvalue weighted by atomic mass is 10.1. The monoisotopic (exact) mass is 466 g/mol. The first-order valence-electron chi connectivity index (χ1n) is 10.5. The molecule has 8 N–H and O–H groups in total. The molecule has 0 saturated heterocycles. The van der Waals surface area contributed by atoms with Crippen LogP contribution in [0.25, 0.3) is 10.8 Å². The number of carbonyl (C=O) groups excluding carboxylic acids is 2. The number of ether oxygens (including phenoxy) is 1. The van der Waals surface area contributed by atoms with E-state index in [-0.39, 0.29) is 17.7 Å². The highest BCUT2D eigenvalue weighted by atomic mass is 16.5. The summed E-state index contributed by atoms with van der Waals surface area (Å²) in [5, 5.41) is 12.1. The van der Waals surface area contributed by atoms with Crippen molar-refractivity contribution in [2.45, 2.75) is 0 Å². The van der Waals surface area contributed by atoms with Crippen LogP contribution < -0.4 is 27.3 Å². The molecule has 174 valence electrons. The van der Waals surface area contributed by atoms with E-state index in [1.807, 2.05) is 12.1 Å². The van der Waals surface area contributed by atoms with Gasteiger partial charge in [0, 0.05) is 16.8 Å². The molecule has 0 aliphatic heterocycles. The van der Waals surface area contributed by atoms with Crippen LogP contribution in [0.1, 0.15) is 26.3 Å². The summed E-state index contributed by atoms with van der Waals surface area (Å²) in [4.78, 5) is 29.0. The largest absolute Gasteiger partial charge is 0.423 e. The van der Waals surface area contributed by atoms with Crippen molar-refractivity contribution >= 4 is 45.8 Å². The molecular weight excluding hydrogens is 444 g/mol. The smallest absolute Gasteiger partial charge is 0.343 e. The van der Waals surface area contributed by atoms with Gasteiger partial charge in [-0.05, 0) is 77.5 Å². The summed E-state index contributed by atoms with van der Waals surface area (Å²) >= 11 is 0. The zero-order valence-corrected chi connectivity index (χ0v) is 18.5. The van der Waals surface area contributed by atoms with Gasteiger partial charge in [-0.3, -0.25) is 10.2 Å². The maximum Gasteiger partial charge on any atom is 0.343 e. The first kappa shape index (κ1) is 23.0. The Labute approximate surface area is 200 Å². The fourth-order valence-electron chi connectivity index (χ4n) is 3.35. The van der Waals surface area contributed by atoms with Crippen LogP contribution in [0.5, 0.6) is 5.75 Å². The maximum absolute atomic E-state index is 12.6. The number of anilines is 1. The molecule has 0 spiro atoms. The van der Waals surface area contributed by atoms with E-state index in [0.717, 1.165) is 10.8 Å². The Morgan fingerprint density at radius 2 is 1.37 bits per heavy atom. The first-order valence-corrected chi connectivity index (χ1v) is 10.5. The van der Waals surface area contributed by atoms with Crippen LogP contribution >= 0.6 is 0 Å². The lowest BCUT2D eigenvalue weighted by Crippen LogP contribution is -2.21. The van der Waals surface area contributed by atoms with Crippen LogP contribution in [0.15, 0.2) is 89.9 Å². The zero-order chi connectivity index (χ0) is 24.9. The fourth-order valence-corrected chi connectivity index (χ4v) is 3.35. The molecule has 4 aromatic carbocycles. The number of rotatable bonds is 6. The number of hydrogen-bond acceptors (Lipinski definition) is 5. The van der Waals surface area contributed by atoms with E-state index in [4.69, 9.17) is 27.3 Å². The Balaban J connectivity index is 1.42. The van der Waals surface area contributed by atoms with Crippen LogP contribution in [0.4, 0.5) is 11.4 Å². The van der Waals surface area contributed by atoms with Crippen molar-refractivity contribution in [2.75, 3.05) is 5.32 Å². The molecule has 9 heteroatoms. The molecule has 35 heavy (non-hydrogen) atoms. The lowest BCUT2D eigenvalue weighted by Gasteiger charge is -2.08. The second-order valence-electron chi connectivity index (χ2n) is 7.64. The third-order valence-electron chi connectivity index (χ3n) is 5.10. The summed E-state index contributed by atoms with van der Waals surface area (Å²) in [6.07, 6.45) is 0. The van der Waals surface area contributed by atoms with E-state index >= 15 is 0 Å². The minimum absolute atomic E-state index is 0.0376. The van der Waals surface area contributed by atoms with Crippen LogP contribution in [0.3, 0.4) is 0 Å². The Bertz CT molecular complexity index is 1460. The van der Waals surface area contributed by atoms with Crippen molar-refractivity contribution in [1.82, 2.24) is 0 Å². The number of guanidine groups is 1. The predicted octanol–water partition coefficient (Wildman–Crippen LogP) is 3.50. The van der Waals surface area contributed by atoms with Crippen LogP contribution in [0.2, 0.25) is 0 Å². The van der Waals surface area contributed by atoms with E-state index in [0.29, 0.717) is 33.8 Å². The molecule has 4 rings (SSSR count). The highest BCUT2D eigenvalue weighted by molar-refractivity contribution is 6.05. The van der Waals surface area contributed by atoms with Crippen LogP contribution in [-0.2, 0) is 0 Å². The number of esters is 1. The Hall–Kier alpha value is -5.18. The number of nitrogens with one attached hydrogen (secondary N) is 2. The van der Waals surface area contributed by atoms with Gasteiger partial charge < -0.3 is 27.3 Å². The molecule has 0 fully saturated rings. The van der Waals surface area contributed by atoms with Crippen molar-refractivity contribution in [3.8, 4) is 5.75 Å². The molecule has 9 nitrogen and oxygen atoms in total. The molecule has 1 amide bonds. The quantitative estimate of drug-likeness (QED) is 0.126. The van der Waals surface area contributed by atoms with Gasteiger partial charge in [0.25, 0.3) is 5.91 Å². The summed E-state index contributed by atoms with van der Waals surface area (Å²) in [5.74, 6) is -0.601. The average molecular weight is 467 g/mol. The maximum atomic E-state index is 12.6. The van der Waals surface area contributed by atoms with Crippen LogP contribution in [0, 0.1) is 5.41 Å². The van der Waals surface area contributed by atoms with Gasteiger partial charge in [-0.2, -0.15) is 0 Å². The van der Waals surface area contributed by atoms with E-state index in [2.05, 4.69) is 10.3 Å². The normalized spacial score (nSPS) is 10.4. The van der Waals surface area contributed by atoms with Gasteiger partial charge in [-0.25, -0.2) is 9.79 Å². The van der Waals surface area contributed by atoms with Crippen molar-refractivity contribution in [3.63, 3.8) is 0 Å². The van der Waals surface area contributed by atoms with Crippen molar-refractivity contribution < 1.29 is 14.3 Å². The minimum atomic E-state index is -0.541. The molecule has 0 unspecified atom stereocenters. The highest BCUT2D eigenvalue weighted by Crippen LogP contribution is 2.23. The minimum Gasteiger partial charge on any atom is -0.423 e. The molecule has 0 heterocycles. The number of nitrogens with two attached hydrogens (primary N) is 3. The number of benzene rings is 4. The number of amidine groups is 1. The van der Waals surface area contributed by atoms with E-state index < -0.39 is 5.97 Å². The second-order valence-corrected chi connectivity index (χ2v) is 7.64. The zero-order valence-electron chi connectivity index (χ0n) is 18.5. The number of carbonyl (C=O) groups is 2. The summed E-state index contributed by atoms with van der Waals surface area (Å²) in [6.45, 7) is 0. The van der Waals surface area contributed by atoms with Gasteiger partial charge in [0.1, 0.15) is 11.6 Å². The predicted molar refractivity (Wildman–Crippen MR) is 136 cm³/mol. The molecule has 4 aromatic rings. The van der Waals surface area contributed by atoms with Gasteiger partial charge in [-0.1, -0.05) is 18.2 Å². The van der Waals surface area contributed by atoms with Crippen molar-refractivity contribution in [3.05, 3.63) is 102 Å². The van der Waals surface area contributed by atoms with Gasteiger partial charge in [0.15, 0.2) is 5.96 Å². The Kier molecular flexibility index (Phi) is 6.41. The second kappa shape index (κ2) is 9.75. The Morgan fingerprint density at radius 1 is 0.743 bits per heavy atom. The highest BCUT2D eigenvalue weighted by Gasteiger charge is 2.11. The third-order valence-corrected chi connectivity index (χ3v) is 5.10. The van der Waals surface area contributed by atoms with Crippen molar-refractivity contribution in [1.29, 1.82) is 5.41 Å². The number of aliphatic imine (C=N–C) groups is 1.